The molecule has 0 radical (unpaired) electrons. The number of benzene rings is 2. The highest BCUT2D eigenvalue weighted by molar-refractivity contribution is 7.87. The second-order valence-electron chi connectivity index (χ2n) is 3.96. The van der Waals surface area contributed by atoms with Gasteiger partial charge in [-0.05, 0) is 18.2 Å². The smallest absolute Gasteiger partial charge is 0.342 e. The van der Waals surface area contributed by atoms with Crippen LogP contribution in [-0.4, -0.2) is 13.3 Å². The topological polar surface area (TPSA) is 86.5 Å². The van der Waals surface area contributed by atoms with Crippen LogP contribution in [0.15, 0.2) is 41.3 Å². The van der Waals surface area contributed by atoms with Gasteiger partial charge in [0.05, 0.1) is 15.0 Å². The molecule has 0 atom stereocenters. The maximum atomic E-state index is 13.2. The van der Waals surface area contributed by atoms with Crippen LogP contribution < -0.4 is 4.18 Å². The Balaban J connectivity index is 2.55. The van der Waals surface area contributed by atoms with E-state index in [0.717, 1.165) is 12.1 Å². The number of nitro groups is 1. The van der Waals surface area contributed by atoms with Crippen LogP contribution in [0.4, 0.5) is 10.1 Å². The Morgan fingerprint density at radius 2 is 1.73 bits per heavy atom. The van der Waals surface area contributed by atoms with Crippen molar-refractivity contribution < 1.29 is 21.9 Å². The van der Waals surface area contributed by atoms with Crippen LogP contribution in [-0.2, 0) is 10.1 Å². The number of nitro benzene ring substituents is 1. The quantitative estimate of drug-likeness (QED) is 0.467. The molecule has 6 nitrogen and oxygen atoms in total. The summed E-state index contributed by atoms with van der Waals surface area (Å²) in [5.74, 6) is -1.68. The molecule has 0 aliphatic heterocycles. The van der Waals surface area contributed by atoms with Gasteiger partial charge in [-0.25, -0.2) is 4.39 Å². The summed E-state index contributed by atoms with van der Waals surface area (Å²) < 4.78 is 42.2. The molecule has 0 amide bonds. The molecule has 0 bridgehead atoms. The normalized spacial score (nSPS) is 11.2. The van der Waals surface area contributed by atoms with Gasteiger partial charge in [0.1, 0.15) is 10.7 Å². The first-order valence-corrected chi connectivity index (χ1v) is 7.71. The second kappa shape index (κ2) is 6.07. The summed E-state index contributed by atoms with van der Waals surface area (Å²) in [6.45, 7) is 0. The van der Waals surface area contributed by atoms with Crippen LogP contribution in [0.1, 0.15) is 0 Å². The summed E-state index contributed by atoms with van der Waals surface area (Å²) in [6.07, 6.45) is 0. The molecule has 2 aromatic rings. The summed E-state index contributed by atoms with van der Waals surface area (Å²) in [5.41, 5.74) is -0.715. The highest BCUT2D eigenvalue weighted by Crippen LogP contribution is 2.34. The molecular formula is C12H6Cl2FNO5S. The maximum absolute atomic E-state index is 13.2. The van der Waals surface area contributed by atoms with Crippen molar-refractivity contribution in [2.24, 2.45) is 0 Å². The second-order valence-corrected chi connectivity index (χ2v) is 6.25. The third-order valence-corrected chi connectivity index (χ3v) is 4.68. The summed E-state index contributed by atoms with van der Waals surface area (Å²) in [5, 5.41) is 10.4. The van der Waals surface area contributed by atoms with Gasteiger partial charge >= 0.3 is 15.8 Å². The molecule has 0 spiro atoms. The minimum Gasteiger partial charge on any atom is -0.371 e. The molecular weight excluding hydrogens is 360 g/mol. The van der Waals surface area contributed by atoms with E-state index in [9.17, 15) is 22.9 Å². The van der Waals surface area contributed by atoms with Crippen molar-refractivity contribution >= 4 is 39.0 Å². The molecule has 0 saturated heterocycles. The highest BCUT2D eigenvalue weighted by Gasteiger charge is 2.27. The van der Waals surface area contributed by atoms with E-state index in [2.05, 4.69) is 4.18 Å². The van der Waals surface area contributed by atoms with E-state index >= 15 is 0 Å². The van der Waals surface area contributed by atoms with Crippen molar-refractivity contribution in [1.29, 1.82) is 0 Å². The average molecular weight is 366 g/mol. The zero-order valence-corrected chi connectivity index (χ0v) is 12.8. The van der Waals surface area contributed by atoms with Crippen molar-refractivity contribution in [3.8, 4) is 5.75 Å². The van der Waals surface area contributed by atoms with Crippen molar-refractivity contribution in [3.05, 3.63) is 62.4 Å². The summed E-state index contributed by atoms with van der Waals surface area (Å²) >= 11 is 11.5. The minimum atomic E-state index is -4.58. The molecule has 0 heterocycles. The van der Waals surface area contributed by atoms with Crippen LogP contribution in [0.3, 0.4) is 0 Å². The Morgan fingerprint density at radius 1 is 1.14 bits per heavy atom. The molecule has 0 aromatic heterocycles. The Kier molecular flexibility index (Phi) is 4.55. The molecule has 0 N–H and O–H groups in total. The van der Waals surface area contributed by atoms with Crippen molar-refractivity contribution in [3.63, 3.8) is 0 Å². The van der Waals surface area contributed by atoms with Crippen molar-refractivity contribution in [2.45, 2.75) is 4.90 Å². The maximum Gasteiger partial charge on any atom is 0.342 e. The molecule has 116 valence electrons. The number of halogens is 3. The fraction of sp³-hybridized carbons (Fsp3) is 0. The number of rotatable bonds is 4. The molecule has 0 unspecified atom stereocenters. The zero-order chi connectivity index (χ0) is 16.5. The van der Waals surface area contributed by atoms with Gasteiger partial charge in [-0.1, -0.05) is 29.3 Å². The van der Waals surface area contributed by atoms with Crippen molar-refractivity contribution in [2.75, 3.05) is 0 Å². The van der Waals surface area contributed by atoms with Gasteiger partial charge < -0.3 is 4.18 Å². The molecule has 2 aromatic carbocycles. The van der Waals surface area contributed by atoms with E-state index in [1.807, 2.05) is 0 Å². The van der Waals surface area contributed by atoms with Gasteiger partial charge in [-0.15, -0.1) is 0 Å². The van der Waals surface area contributed by atoms with Gasteiger partial charge in [0.15, 0.2) is 0 Å². The molecule has 22 heavy (non-hydrogen) atoms. The van der Waals surface area contributed by atoms with E-state index in [-0.39, 0.29) is 10.0 Å². The lowest BCUT2D eigenvalue weighted by Crippen LogP contribution is -2.12. The van der Waals surface area contributed by atoms with Crippen molar-refractivity contribution in [1.82, 2.24) is 0 Å². The summed E-state index contributed by atoms with van der Waals surface area (Å²) in [7, 11) is -4.58. The highest BCUT2D eigenvalue weighted by atomic mass is 35.5. The molecule has 0 aliphatic rings. The first-order valence-electron chi connectivity index (χ1n) is 5.55. The molecule has 0 aliphatic carbocycles. The Morgan fingerprint density at radius 3 is 2.27 bits per heavy atom. The lowest BCUT2D eigenvalue weighted by Gasteiger charge is -2.10. The van der Waals surface area contributed by atoms with Gasteiger partial charge in [0, 0.05) is 12.1 Å². The average Bonchev–Trinajstić information content (AvgIpc) is 2.37. The van der Waals surface area contributed by atoms with E-state index in [1.165, 1.54) is 18.2 Å². The molecule has 0 fully saturated rings. The lowest BCUT2D eigenvalue weighted by molar-refractivity contribution is -0.385. The van der Waals surface area contributed by atoms with E-state index < -0.39 is 37.2 Å². The Bertz CT molecular complexity index is 836. The standard InChI is InChI=1S/C12H6Cl2FNO5S/c13-8-2-1-3-9(14)12(8)22(19,20)21-11-6-7(15)4-5-10(11)16(17)18/h1-6H. The zero-order valence-electron chi connectivity index (χ0n) is 10.5. The van der Waals surface area contributed by atoms with E-state index in [1.54, 1.807) is 0 Å². The number of hydrogen-bond acceptors (Lipinski definition) is 5. The summed E-state index contributed by atoms with van der Waals surface area (Å²) in [6, 6.07) is 6.09. The first kappa shape index (κ1) is 16.5. The largest absolute Gasteiger partial charge is 0.371 e. The number of hydrogen-bond donors (Lipinski definition) is 0. The third kappa shape index (κ3) is 3.29. The summed E-state index contributed by atoms with van der Waals surface area (Å²) in [4.78, 5) is 9.38. The SMILES string of the molecule is O=[N+]([O-])c1ccc(F)cc1OS(=O)(=O)c1c(Cl)cccc1Cl. The molecule has 2 rings (SSSR count). The Hall–Kier alpha value is -1.90. The van der Waals surface area contributed by atoms with Crippen LogP contribution >= 0.6 is 23.2 Å². The fourth-order valence-corrected chi connectivity index (χ4v) is 3.62. The molecule has 0 saturated carbocycles. The van der Waals surface area contributed by atoms with Gasteiger partial charge in [-0.3, -0.25) is 10.1 Å². The van der Waals surface area contributed by atoms with E-state index in [4.69, 9.17) is 23.2 Å². The monoisotopic (exact) mass is 365 g/mol. The minimum absolute atomic E-state index is 0.230. The third-order valence-electron chi connectivity index (χ3n) is 2.49. The Labute approximate surface area is 134 Å². The van der Waals surface area contributed by atoms with Crippen LogP contribution in [0, 0.1) is 15.9 Å². The predicted octanol–water partition coefficient (Wildman–Crippen LogP) is 3.81. The van der Waals surface area contributed by atoms with Gasteiger partial charge in [0.2, 0.25) is 5.75 Å². The lowest BCUT2D eigenvalue weighted by atomic mass is 10.3. The van der Waals surface area contributed by atoms with E-state index in [0.29, 0.717) is 6.07 Å². The first-order chi connectivity index (χ1) is 10.2. The van der Waals surface area contributed by atoms with Crippen LogP contribution in [0.2, 0.25) is 10.0 Å². The predicted molar refractivity (Wildman–Crippen MR) is 77.3 cm³/mol. The molecule has 10 heteroatoms. The van der Waals surface area contributed by atoms with Crippen LogP contribution in [0.25, 0.3) is 0 Å². The van der Waals surface area contributed by atoms with Gasteiger partial charge in [-0.2, -0.15) is 8.42 Å². The van der Waals surface area contributed by atoms with Gasteiger partial charge in [0.25, 0.3) is 0 Å². The number of nitrogens with zero attached hydrogens (tertiary/aromatic N) is 1. The fourth-order valence-electron chi connectivity index (χ4n) is 1.59. The van der Waals surface area contributed by atoms with Crippen LogP contribution in [0.5, 0.6) is 5.75 Å².